The van der Waals surface area contributed by atoms with E-state index in [9.17, 15) is 4.79 Å². The summed E-state index contributed by atoms with van der Waals surface area (Å²) in [6, 6.07) is 5.67. The molecule has 1 aromatic rings. The minimum Gasteiger partial charge on any atom is -0.336 e. The number of nitrogens with zero attached hydrogens (tertiary/aromatic N) is 1. The number of amides is 1. The van der Waals surface area contributed by atoms with E-state index in [1.54, 1.807) is 6.07 Å². The van der Waals surface area contributed by atoms with E-state index in [1.165, 1.54) is 0 Å². The summed E-state index contributed by atoms with van der Waals surface area (Å²) in [5, 5.41) is 1.07. The van der Waals surface area contributed by atoms with Crippen LogP contribution in [-0.2, 0) is 4.79 Å². The number of likely N-dealkylation sites (tertiary alicyclic amines) is 1. The fourth-order valence-electron chi connectivity index (χ4n) is 2.36. The molecule has 0 spiro atoms. The van der Waals surface area contributed by atoms with Gasteiger partial charge in [0.05, 0.1) is 16.1 Å². The van der Waals surface area contributed by atoms with Crippen LogP contribution >= 0.6 is 34.8 Å². The fourth-order valence-corrected chi connectivity index (χ4v) is 2.82. The summed E-state index contributed by atoms with van der Waals surface area (Å²) in [5.74, 6) is 0.474. The molecule has 18 heavy (non-hydrogen) atoms. The second-order valence-corrected chi connectivity index (χ2v) is 5.55. The maximum atomic E-state index is 12.0. The van der Waals surface area contributed by atoms with Gasteiger partial charge in [0.1, 0.15) is 0 Å². The van der Waals surface area contributed by atoms with Gasteiger partial charge in [-0.05, 0) is 30.5 Å². The molecule has 1 fully saturated rings. The molecule has 0 bridgehead atoms. The van der Waals surface area contributed by atoms with Crippen LogP contribution in [0.1, 0.15) is 30.9 Å². The van der Waals surface area contributed by atoms with Crippen molar-refractivity contribution in [2.75, 3.05) is 12.4 Å². The molecule has 0 aliphatic carbocycles. The van der Waals surface area contributed by atoms with Crippen LogP contribution in [-0.4, -0.2) is 23.2 Å². The Kier molecular flexibility index (Phi) is 4.77. The predicted octanol–water partition coefficient (Wildman–Crippen LogP) is 4.29. The molecule has 1 unspecified atom stereocenters. The molecular formula is C13H14Cl3NO. The topological polar surface area (TPSA) is 20.3 Å². The van der Waals surface area contributed by atoms with Gasteiger partial charge in [-0.1, -0.05) is 29.3 Å². The van der Waals surface area contributed by atoms with Crippen molar-refractivity contribution in [1.29, 1.82) is 0 Å². The Morgan fingerprint density at radius 2 is 2.11 bits per heavy atom. The van der Waals surface area contributed by atoms with Crippen LogP contribution in [0.5, 0.6) is 0 Å². The zero-order chi connectivity index (χ0) is 13.1. The van der Waals surface area contributed by atoms with Gasteiger partial charge in [0, 0.05) is 18.8 Å². The Hall–Kier alpha value is -0.440. The summed E-state index contributed by atoms with van der Waals surface area (Å²) in [5.41, 5.74) is 1.05. The monoisotopic (exact) mass is 305 g/mol. The molecular weight excluding hydrogens is 293 g/mol. The smallest absolute Gasteiger partial charge is 0.224 e. The first-order chi connectivity index (χ1) is 8.63. The van der Waals surface area contributed by atoms with Crippen LogP contribution in [0, 0.1) is 0 Å². The Morgan fingerprint density at radius 3 is 2.78 bits per heavy atom. The third-order valence-electron chi connectivity index (χ3n) is 3.21. The summed E-state index contributed by atoms with van der Waals surface area (Å²) in [6.07, 6.45) is 2.37. The number of carbonyl (C=O) groups excluding carboxylic acids is 1. The number of alkyl halides is 1. The van der Waals surface area contributed by atoms with Crippen molar-refractivity contribution in [2.45, 2.75) is 25.3 Å². The van der Waals surface area contributed by atoms with Gasteiger partial charge in [-0.25, -0.2) is 0 Å². The standard InChI is InChI=1S/C13H14Cl3NO/c14-6-5-13(18)17-7-1-2-12(17)9-3-4-10(15)11(16)8-9/h3-4,8,12H,1-2,5-7H2. The van der Waals surface area contributed by atoms with Crippen LogP contribution in [0.15, 0.2) is 18.2 Å². The molecule has 0 N–H and O–H groups in total. The lowest BCUT2D eigenvalue weighted by molar-refractivity contribution is -0.131. The molecule has 0 saturated carbocycles. The molecule has 0 aromatic heterocycles. The van der Waals surface area contributed by atoms with Crippen LogP contribution in [0.4, 0.5) is 0 Å². The lowest BCUT2D eigenvalue weighted by Crippen LogP contribution is -2.30. The summed E-state index contributed by atoms with van der Waals surface area (Å²) in [6.45, 7) is 0.792. The van der Waals surface area contributed by atoms with Crippen LogP contribution in [0.3, 0.4) is 0 Å². The quantitative estimate of drug-likeness (QED) is 0.763. The highest BCUT2D eigenvalue weighted by Crippen LogP contribution is 2.35. The third-order valence-corrected chi connectivity index (χ3v) is 4.14. The molecule has 1 atom stereocenters. The summed E-state index contributed by atoms with van der Waals surface area (Å²) < 4.78 is 0. The van der Waals surface area contributed by atoms with E-state index < -0.39 is 0 Å². The van der Waals surface area contributed by atoms with Gasteiger partial charge in [-0.3, -0.25) is 4.79 Å². The summed E-state index contributed by atoms with van der Waals surface area (Å²) in [4.78, 5) is 13.9. The Balaban J connectivity index is 2.20. The fraction of sp³-hybridized carbons (Fsp3) is 0.462. The molecule has 1 aliphatic heterocycles. The van der Waals surface area contributed by atoms with E-state index in [-0.39, 0.29) is 11.9 Å². The average molecular weight is 307 g/mol. The van der Waals surface area contributed by atoms with Crippen molar-refractivity contribution >= 4 is 40.7 Å². The van der Waals surface area contributed by atoms with E-state index >= 15 is 0 Å². The normalized spacial score (nSPS) is 19.3. The van der Waals surface area contributed by atoms with E-state index in [4.69, 9.17) is 34.8 Å². The van der Waals surface area contributed by atoms with Gasteiger partial charge < -0.3 is 4.90 Å². The van der Waals surface area contributed by atoms with Gasteiger partial charge in [0.2, 0.25) is 5.91 Å². The van der Waals surface area contributed by atoms with Gasteiger partial charge in [-0.15, -0.1) is 11.6 Å². The number of hydrogen-bond acceptors (Lipinski definition) is 1. The van der Waals surface area contributed by atoms with E-state index in [0.717, 1.165) is 24.9 Å². The van der Waals surface area contributed by atoms with Gasteiger partial charge >= 0.3 is 0 Å². The predicted molar refractivity (Wildman–Crippen MR) is 75.5 cm³/mol. The minimum atomic E-state index is 0.107. The van der Waals surface area contributed by atoms with Crippen molar-refractivity contribution in [3.05, 3.63) is 33.8 Å². The second-order valence-electron chi connectivity index (χ2n) is 4.36. The molecule has 2 nitrogen and oxygen atoms in total. The molecule has 2 rings (SSSR count). The number of halogens is 3. The van der Waals surface area contributed by atoms with E-state index in [1.807, 2.05) is 17.0 Å². The number of carbonyl (C=O) groups is 1. The molecule has 1 saturated heterocycles. The number of rotatable bonds is 3. The van der Waals surface area contributed by atoms with Gasteiger partial charge in [0.15, 0.2) is 0 Å². The highest BCUT2D eigenvalue weighted by atomic mass is 35.5. The van der Waals surface area contributed by atoms with Crippen LogP contribution in [0.2, 0.25) is 10.0 Å². The highest BCUT2D eigenvalue weighted by Gasteiger charge is 2.29. The zero-order valence-corrected chi connectivity index (χ0v) is 12.1. The zero-order valence-electron chi connectivity index (χ0n) is 9.83. The lowest BCUT2D eigenvalue weighted by Gasteiger charge is -2.25. The second kappa shape index (κ2) is 6.14. The summed E-state index contributed by atoms with van der Waals surface area (Å²) in [7, 11) is 0. The minimum absolute atomic E-state index is 0.107. The average Bonchev–Trinajstić information content (AvgIpc) is 2.82. The molecule has 1 aromatic carbocycles. The first kappa shape index (κ1) is 14.0. The Morgan fingerprint density at radius 1 is 1.33 bits per heavy atom. The Labute approximate surface area is 122 Å². The van der Waals surface area contributed by atoms with Crippen molar-refractivity contribution in [1.82, 2.24) is 4.90 Å². The van der Waals surface area contributed by atoms with Crippen LogP contribution < -0.4 is 0 Å². The van der Waals surface area contributed by atoms with Gasteiger partial charge in [0.25, 0.3) is 0 Å². The molecule has 1 aliphatic rings. The third kappa shape index (κ3) is 2.93. The van der Waals surface area contributed by atoms with Gasteiger partial charge in [-0.2, -0.15) is 0 Å². The van der Waals surface area contributed by atoms with E-state index in [0.29, 0.717) is 22.3 Å². The van der Waals surface area contributed by atoms with Crippen molar-refractivity contribution in [2.24, 2.45) is 0 Å². The van der Waals surface area contributed by atoms with E-state index in [2.05, 4.69) is 0 Å². The number of benzene rings is 1. The lowest BCUT2D eigenvalue weighted by atomic mass is 10.0. The van der Waals surface area contributed by atoms with Crippen molar-refractivity contribution in [3.63, 3.8) is 0 Å². The molecule has 98 valence electrons. The van der Waals surface area contributed by atoms with Crippen molar-refractivity contribution < 1.29 is 4.79 Å². The summed E-state index contributed by atoms with van der Waals surface area (Å²) >= 11 is 17.6. The highest BCUT2D eigenvalue weighted by molar-refractivity contribution is 6.42. The first-order valence-electron chi connectivity index (χ1n) is 5.94. The Bertz CT molecular complexity index is 450. The molecule has 0 radical (unpaired) electrons. The largest absolute Gasteiger partial charge is 0.336 e. The maximum absolute atomic E-state index is 12.0. The van der Waals surface area contributed by atoms with Crippen LogP contribution in [0.25, 0.3) is 0 Å². The first-order valence-corrected chi connectivity index (χ1v) is 7.23. The number of hydrogen-bond donors (Lipinski definition) is 0. The molecule has 1 heterocycles. The molecule has 1 amide bonds. The maximum Gasteiger partial charge on any atom is 0.224 e. The van der Waals surface area contributed by atoms with Crippen molar-refractivity contribution in [3.8, 4) is 0 Å². The SMILES string of the molecule is O=C(CCCl)N1CCCC1c1ccc(Cl)c(Cl)c1. The molecule has 5 heteroatoms.